The molecule has 23 heavy (non-hydrogen) atoms. The third kappa shape index (κ3) is 5.72. The summed E-state index contributed by atoms with van der Waals surface area (Å²) in [6.07, 6.45) is -1.10. The van der Waals surface area contributed by atoms with Crippen LogP contribution in [-0.4, -0.2) is 17.0 Å². The molecule has 1 atom stereocenters. The zero-order valence-corrected chi connectivity index (χ0v) is 13.7. The Morgan fingerprint density at radius 2 is 1.65 bits per heavy atom. The number of hydrogen-bond acceptors (Lipinski definition) is 3. The Morgan fingerprint density at radius 3 is 2.30 bits per heavy atom. The lowest BCUT2D eigenvalue weighted by Crippen LogP contribution is -2.44. The fraction of sp³-hybridized carbons (Fsp3) is 0.125. The van der Waals surface area contributed by atoms with Crippen molar-refractivity contribution < 1.29 is 14.7 Å². The molecule has 7 heteroatoms. The van der Waals surface area contributed by atoms with Crippen LogP contribution in [0.25, 0.3) is 0 Å². The van der Waals surface area contributed by atoms with Gasteiger partial charge in [0.2, 0.25) is 5.91 Å². The average Bonchev–Trinajstić information content (AvgIpc) is 2.54. The van der Waals surface area contributed by atoms with Crippen molar-refractivity contribution in [2.24, 2.45) is 0 Å². The Kier molecular flexibility index (Phi) is 6.13. The van der Waals surface area contributed by atoms with Gasteiger partial charge in [-0.1, -0.05) is 46.3 Å². The van der Waals surface area contributed by atoms with E-state index in [0.29, 0.717) is 11.3 Å². The van der Waals surface area contributed by atoms with Gasteiger partial charge in [-0.2, -0.15) is 0 Å². The van der Waals surface area contributed by atoms with Crippen molar-refractivity contribution in [2.75, 3.05) is 5.32 Å². The van der Waals surface area contributed by atoms with E-state index in [4.69, 9.17) is 0 Å². The summed E-state index contributed by atoms with van der Waals surface area (Å²) >= 11 is 3.30. The number of nitrogens with one attached hydrogen (secondary N) is 3. The quantitative estimate of drug-likeness (QED) is 0.617. The Labute approximate surface area is 142 Å². The van der Waals surface area contributed by atoms with Gasteiger partial charge in [-0.05, 0) is 29.8 Å². The zero-order valence-electron chi connectivity index (χ0n) is 12.1. The number of hydrogen-bond donors (Lipinski definition) is 4. The molecule has 0 aliphatic carbocycles. The lowest BCUT2D eigenvalue weighted by Gasteiger charge is -2.12. The molecular formula is C16H16BrN3O3. The molecule has 0 radical (unpaired) electrons. The normalized spacial score (nSPS) is 11.4. The van der Waals surface area contributed by atoms with Crippen molar-refractivity contribution in [1.29, 1.82) is 0 Å². The molecule has 1 unspecified atom stereocenters. The third-order valence-electron chi connectivity index (χ3n) is 2.98. The average molecular weight is 378 g/mol. The number of amides is 3. The Hall–Kier alpha value is -2.38. The van der Waals surface area contributed by atoms with Gasteiger partial charge in [-0.15, -0.1) is 0 Å². The maximum atomic E-state index is 11.7. The van der Waals surface area contributed by atoms with Gasteiger partial charge in [0.25, 0.3) is 0 Å². The minimum atomic E-state index is -0.943. The van der Waals surface area contributed by atoms with Gasteiger partial charge in [0.1, 0.15) is 0 Å². The monoisotopic (exact) mass is 377 g/mol. The Morgan fingerprint density at radius 1 is 1.00 bits per heavy atom. The van der Waals surface area contributed by atoms with E-state index in [1.807, 2.05) is 6.07 Å². The lowest BCUT2D eigenvalue weighted by molar-refractivity contribution is -0.123. The van der Waals surface area contributed by atoms with Crippen LogP contribution >= 0.6 is 15.9 Å². The predicted molar refractivity (Wildman–Crippen MR) is 90.5 cm³/mol. The molecule has 3 amide bonds. The number of hydrazine groups is 1. The molecule has 0 bridgehead atoms. The van der Waals surface area contributed by atoms with Crippen LogP contribution in [-0.2, 0) is 4.79 Å². The van der Waals surface area contributed by atoms with Gasteiger partial charge in [0, 0.05) is 10.2 Å². The van der Waals surface area contributed by atoms with E-state index in [0.717, 1.165) is 4.47 Å². The topological polar surface area (TPSA) is 90.5 Å². The molecule has 0 spiro atoms. The molecule has 0 aliphatic rings. The number of urea groups is 1. The lowest BCUT2D eigenvalue weighted by atomic mass is 10.1. The van der Waals surface area contributed by atoms with E-state index in [2.05, 4.69) is 32.1 Å². The number of halogens is 1. The van der Waals surface area contributed by atoms with Crippen LogP contribution in [0.5, 0.6) is 0 Å². The zero-order chi connectivity index (χ0) is 16.7. The molecule has 0 heterocycles. The van der Waals surface area contributed by atoms with Crippen LogP contribution in [0.3, 0.4) is 0 Å². The van der Waals surface area contributed by atoms with E-state index in [9.17, 15) is 14.7 Å². The fourth-order valence-corrected chi connectivity index (χ4v) is 2.10. The van der Waals surface area contributed by atoms with Crippen LogP contribution in [0.4, 0.5) is 10.5 Å². The number of carbonyl (C=O) groups excluding carboxylic acids is 2. The predicted octanol–water partition coefficient (Wildman–Crippen LogP) is 2.73. The van der Waals surface area contributed by atoms with Crippen molar-refractivity contribution in [3.8, 4) is 0 Å². The van der Waals surface area contributed by atoms with E-state index >= 15 is 0 Å². The Balaban J connectivity index is 1.76. The number of para-hydroxylation sites is 1. The summed E-state index contributed by atoms with van der Waals surface area (Å²) in [6.45, 7) is 0. The highest BCUT2D eigenvalue weighted by atomic mass is 79.9. The second-order valence-electron chi connectivity index (χ2n) is 4.76. The van der Waals surface area contributed by atoms with Crippen LogP contribution < -0.4 is 16.2 Å². The first kappa shape index (κ1) is 17.0. The number of carbonyl (C=O) groups is 2. The second kappa shape index (κ2) is 8.30. The third-order valence-corrected chi connectivity index (χ3v) is 3.51. The van der Waals surface area contributed by atoms with Gasteiger partial charge >= 0.3 is 6.03 Å². The van der Waals surface area contributed by atoms with Crippen LogP contribution in [0.15, 0.2) is 59.1 Å². The first-order valence-corrected chi connectivity index (χ1v) is 7.68. The SMILES string of the molecule is O=C(CC(O)c1ccc(Br)cc1)NNC(=O)Nc1ccccc1. The molecule has 0 saturated heterocycles. The first-order chi connectivity index (χ1) is 11.0. The number of aliphatic hydroxyl groups excluding tert-OH is 1. The molecular weight excluding hydrogens is 362 g/mol. The molecule has 0 aliphatic heterocycles. The van der Waals surface area contributed by atoms with Gasteiger partial charge in [-0.3, -0.25) is 10.2 Å². The minimum absolute atomic E-state index is 0.159. The maximum absolute atomic E-state index is 11.7. The van der Waals surface area contributed by atoms with Gasteiger partial charge in [-0.25, -0.2) is 10.2 Å². The smallest absolute Gasteiger partial charge is 0.337 e. The molecule has 0 aromatic heterocycles. The van der Waals surface area contributed by atoms with Crippen molar-refractivity contribution >= 4 is 33.6 Å². The summed E-state index contributed by atoms with van der Waals surface area (Å²) in [5, 5.41) is 12.5. The van der Waals surface area contributed by atoms with Crippen molar-refractivity contribution in [1.82, 2.24) is 10.9 Å². The van der Waals surface area contributed by atoms with E-state index in [-0.39, 0.29) is 6.42 Å². The summed E-state index contributed by atoms with van der Waals surface area (Å²) in [5.41, 5.74) is 5.70. The van der Waals surface area contributed by atoms with Crippen molar-refractivity contribution in [3.05, 3.63) is 64.6 Å². The second-order valence-corrected chi connectivity index (χ2v) is 5.68. The highest BCUT2D eigenvalue weighted by molar-refractivity contribution is 9.10. The number of rotatable bonds is 4. The number of aliphatic hydroxyl groups is 1. The number of anilines is 1. The maximum Gasteiger partial charge on any atom is 0.337 e. The van der Waals surface area contributed by atoms with E-state index in [1.54, 1.807) is 48.5 Å². The fourth-order valence-electron chi connectivity index (χ4n) is 1.84. The molecule has 2 aromatic carbocycles. The summed E-state index contributed by atoms with van der Waals surface area (Å²) in [7, 11) is 0. The summed E-state index contributed by atoms with van der Waals surface area (Å²) < 4.78 is 0.886. The first-order valence-electron chi connectivity index (χ1n) is 6.89. The van der Waals surface area contributed by atoms with Gasteiger partial charge in [0.15, 0.2) is 0 Å². The number of benzene rings is 2. The molecule has 2 rings (SSSR count). The minimum Gasteiger partial charge on any atom is -0.388 e. The molecule has 120 valence electrons. The van der Waals surface area contributed by atoms with Gasteiger partial charge in [0.05, 0.1) is 12.5 Å². The summed E-state index contributed by atoms with van der Waals surface area (Å²) in [6, 6.07) is 15.3. The summed E-state index contributed by atoms with van der Waals surface area (Å²) in [4.78, 5) is 23.3. The highest BCUT2D eigenvalue weighted by Gasteiger charge is 2.13. The van der Waals surface area contributed by atoms with E-state index < -0.39 is 18.0 Å². The summed E-state index contributed by atoms with van der Waals surface area (Å²) in [5.74, 6) is -0.497. The largest absolute Gasteiger partial charge is 0.388 e. The molecule has 2 aromatic rings. The highest BCUT2D eigenvalue weighted by Crippen LogP contribution is 2.19. The molecule has 0 saturated carbocycles. The van der Waals surface area contributed by atoms with Crippen LogP contribution in [0.2, 0.25) is 0 Å². The van der Waals surface area contributed by atoms with Gasteiger partial charge < -0.3 is 10.4 Å². The van der Waals surface area contributed by atoms with Crippen LogP contribution in [0, 0.1) is 0 Å². The van der Waals surface area contributed by atoms with Crippen LogP contribution in [0.1, 0.15) is 18.1 Å². The van der Waals surface area contributed by atoms with Crippen molar-refractivity contribution in [3.63, 3.8) is 0 Å². The molecule has 4 N–H and O–H groups in total. The Bertz CT molecular complexity index is 662. The molecule has 6 nitrogen and oxygen atoms in total. The standard InChI is InChI=1S/C16H16BrN3O3/c17-12-8-6-11(7-9-12)14(21)10-15(22)19-20-16(23)18-13-4-2-1-3-5-13/h1-9,14,21H,10H2,(H,19,22)(H2,18,20,23). The van der Waals surface area contributed by atoms with Crippen molar-refractivity contribution in [2.45, 2.75) is 12.5 Å². The molecule has 0 fully saturated rings. The van der Waals surface area contributed by atoms with E-state index in [1.165, 1.54) is 0 Å².